The van der Waals surface area contributed by atoms with Crippen molar-refractivity contribution in [1.29, 1.82) is 10.7 Å². The molecular formula is C17H14N8S. The predicted octanol–water partition coefficient (Wildman–Crippen LogP) is 3.18. The minimum atomic E-state index is -0.384. The van der Waals surface area contributed by atoms with E-state index in [1.54, 1.807) is 24.4 Å². The molecule has 0 saturated carbocycles. The first-order chi connectivity index (χ1) is 12.7. The van der Waals surface area contributed by atoms with E-state index in [0.29, 0.717) is 5.69 Å². The average molecular weight is 362 g/mol. The second-order valence-corrected chi connectivity index (χ2v) is 5.91. The number of aromatic nitrogens is 2. The molecule has 128 valence electrons. The first-order valence-corrected chi connectivity index (χ1v) is 8.36. The van der Waals surface area contributed by atoms with Crippen LogP contribution in [0.1, 0.15) is 0 Å². The standard InChI is InChI=1S/C17H14N8S/c18-9-14(16(19)20)25-24-12-6-4-11(5-7-12)22-17-23-15(10-26-17)13-3-1-2-8-21-13/h1-8,10,24H,(H3,19,20)(H,22,23)/b25-14+. The van der Waals surface area contributed by atoms with Gasteiger partial charge in [0.2, 0.25) is 5.71 Å². The van der Waals surface area contributed by atoms with E-state index in [2.05, 4.69) is 25.8 Å². The van der Waals surface area contributed by atoms with Gasteiger partial charge >= 0.3 is 0 Å². The van der Waals surface area contributed by atoms with Gasteiger partial charge in [-0.25, -0.2) is 4.98 Å². The summed E-state index contributed by atoms with van der Waals surface area (Å²) in [6.45, 7) is 0. The number of nitrogens with zero attached hydrogens (tertiary/aromatic N) is 4. The van der Waals surface area contributed by atoms with E-state index < -0.39 is 0 Å². The number of thiazole rings is 1. The molecule has 9 heteroatoms. The first-order valence-electron chi connectivity index (χ1n) is 7.48. The largest absolute Gasteiger partial charge is 0.382 e. The molecule has 8 nitrogen and oxygen atoms in total. The van der Waals surface area contributed by atoms with Crippen LogP contribution in [0.25, 0.3) is 11.4 Å². The SMILES string of the molecule is N#C/C(=N\Nc1ccc(Nc2nc(-c3ccccn3)cs2)cc1)C(=N)N. The molecule has 2 aromatic heterocycles. The maximum atomic E-state index is 8.81. The summed E-state index contributed by atoms with van der Waals surface area (Å²) in [4.78, 5) is 8.81. The zero-order chi connectivity index (χ0) is 18.4. The number of pyridine rings is 1. The number of benzene rings is 1. The lowest BCUT2D eigenvalue weighted by Crippen LogP contribution is -2.21. The van der Waals surface area contributed by atoms with Gasteiger partial charge in [0.1, 0.15) is 11.8 Å². The highest BCUT2D eigenvalue weighted by atomic mass is 32.1. The Morgan fingerprint density at radius 3 is 2.58 bits per heavy atom. The summed E-state index contributed by atoms with van der Waals surface area (Å²) in [5, 5.41) is 25.7. The minimum Gasteiger partial charge on any atom is -0.382 e. The van der Waals surface area contributed by atoms with E-state index in [-0.39, 0.29) is 11.5 Å². The van der Waals surface area contributed by atoms with Crippen LogP contribution >= 0.6 is 11.3 Å². The molecule has 0 saturated heterocycles. The highest BCUT2D eigenvalue weighted by Crippen LogP contribution is 2.26. The molecular weight excluding hydrogens is 348 g/mol. The number of hydrogen-bond acceptors (Lipinski definition) is 8. The number of nitriles is 1. The third-order valence-electron chi connectivity index (χ3n) is 3.23. The van der Waals surface area contributed by atoms with Gasteiger partial charge in [-0.2, -0.15) is 10.4 Å². The summed E-state index contributed by atoms with van der Waals surface area (Å²) in [5.74, 6) is -0.384. The molecule has 5 N–H and O–H groups in total. The molecule has 0 spiro atoms. The highest BCUT2D eigenvalue weighted by Gasteiger charge is 2.06. The molecule has 0 amide bonds. The fraction of sp³-hybridized carbons (Fsp3) is 0. The number of nitrogens with two attached hydrogens (primary N) is 1. The number of anilines is 3. The average Bonchev–Trinajstić information content (AvgIpc) is 3.12. The number of amidine groups is 1. The van der Waals surface area contributed by atoms with E-state index in [1.807, 2.05) is 35.7 Å². The van der Waals surface area contributed by atoms with Crippen LogP contribution in [-0.4, -0.2) is 21.5 Å². The predicted molar refractivity (Wildman–Crippen MR) is 104 cm³/mol. The first kappa shape index (κ1) is 17.1. The van der Waals surface area contributed by atoms with Crippen molar-refractivity contribution in [3.8, 4) is 17.5 Å². The smallest absolute Gasteiger partial charge is 0.201 e. The minimum absolute atomic E-state index is 0.169. The number of hydrogen-bond donors (Lipinski definition) is 4. The molecule has 0 atom stereocenters. The lowest BCUT2D eigenvalue weighted by molar-refractivity contribution is 1.28. The number of hydrazone groups is 1. The zero-order valence-corrected chi connectivity index (χ0v) is 14.3. The van der Waals surface area contributed by atoms with E-state index >= 15 is 0 Å². The van der Waals surface area contributed by atoms with Crippen molar-refractivity contribution in [3.63, 3.8) is 0 Å². The van der Waals surface area contributed by atoms with E-state index in [0.717, 1.165) is 22.2 Å². The summed E-state index contributed by atoms with van der Waals surface area (Å²) >= 11 is 1.49. The Morgan fingerprint density at radius 1 is 1.15 bits per heavy atom. The molecule has 0 fully saturated rings. The van der Waals surface area contributed by atoms with Crippen LogP contribution in [0.15, 0.2) is 59.1 Å². The van der Waals surface area contributed by atoms with Crippen LogP contribution in [0, 0.1) is 16.7 Å². The Bertz CT molecular complexity index is 970. The van der Waals surface area contributed by atoms with E-state index in [9.17, 15) is 0 Å². The maximum Gasteiger partial charge on any atom is 0.201 e. The van der Waals surface area contributed by atoms with Crippen LogP contribution < -0.4 is 16.5 Å². The molecule has 26 heavy (non-hydrogen) atoms. The van der Waals surface area contributed by atoms with Crippen LogP contribution in [0.5, 0.6) is 0 Å². The fourth-order valence-corrected chi connectivity index (χ4v) is 2.71. The van der Waals surface area contributed by atoms with Gasteiger partial charge in [-0.15, -0.1) is 11.3 Å². The van der Waals surface area contributed by atoms with Gasteiger partial charge in [0.25, 0.3) is 0 Å². The zero-order valence-electron chi connectivity index (χ0n) is 13.5. The molecule has 0 radical (unpaired) electrons. The summed E-state index contributed by atoms with van der Waals surface area (Å²) in [5.41, 5.74) is 10.9. The normalized spacial score (nSPS) is 10.8. The van der Waals surface area contributed by atoms with Crippen molar-refractivity contribution in [2.24, 2.45) is 10.8 Å². The third kappa shape index (κ3) is 4.19. The van der Waals surface area contributed by atoms with Gasteiger partial charge in [-0.05, 0) is 36.4 Å². The molecule has 3 rings (SSSR count). The fourth-order valence-electron chi connectivity index (χ4n) is 1.98. The summed E-state index contributed by atoms with van der Waals surface area (Å²) in [6.07, 6.45) is 1.74. The Morgan fingerprint density at radius 2 is 1.92 bits per heavy atom. The monoisotopic (exact) mass is 362 g/mol. The lowest BCUT2D eigenvalue weighted by atomic mass is 10.3. The molecule has 0 aliphatic rings. The van der Waals surface area contributed by atoms with Crippen molar-refractivity contribution in [2.45, 2.75) is 0 Å². The molecule has 0 aliphatic heterocycles. The van der Waals surface area contributed by atoms with Gasteiger partial charge in [-0.3, -0.25) is 15.8 Å². The highest BCUT2D eigenvalue weighted by molar-refractivity contribution is 7.14. The topological polar surface area (TPSA) is 136 Å². The third-order valence-corrected chi connectivity index (χ3v) is 3.98. The van der Waals surface area contributed by atoms with Gasteiger partial charge < -0.3 is 11.1 Å². The van der Waals surface area contributed by atoms with Gasteiger partial charge in [0.15, 0.2) is 11.0 Å². The molecule has 0 aliphatic carbocycles. The van der Waals surface area contributed by atoms with Crippen molar-refractivity contribution >= 4 is 39.4 Å². The summed E-state index contributed by atoms with van der Waals surface area (Å²) < 4.78 is 0. The van der Waals surface area contributed by atoms with Gasteiger partial charge in [-0.1, -0.05) is 6.07 Å². The van der Waals surface area contributed by atoms with Crippen LogP contribution in [-0.2, 0) is 0 Å². The number of rotatable bonds is 6. The van der Waals surface area contributed by atoms with Gasteiger partial charge in [0.05, 0.1) is 11.4 Å². The van der Waals surface area contributed by atoms with Crippen LogP contribution in [0.2, 0.25) is 0 Å². The van der Waals surface area contributed by atoms with Crippen molar-refractivity contribution < 1.29 is 0 Å². The Kier molecular flexibility index (Phi) is 5.16. The maximum absolute atomic E-state index is 8.81. The Labute approximate surface area is 153 Å². The van der Waals surface area contributed by atoms with Crippen molar-refractivity contribution in [1.82, 2.24) is 9.97 Å². The second-order valence-electron chi connectivity index (χ2n) is 5.05. The second kappa shape index (κ2) is 7.87. The molecule has 0 unspecified atom stereocenters. The quantitative estimate of drug-likeness (QED) is 0.302. The van der Waals surface area contributed by atoms with Crippen LogP contribution in [0.4, 0.5) is 16.5 Å². The molecule has 0 bridgehead atoms. The lowest BCUT2D eigenvalue weighted by Gasteiger charge is -2.05. The molecule has 2 heterocycles. The van der Waals surface area contributed by atoms with Crippen LogP contribution in [0.3, 0.4) is 0 Å². The van der Waals surface area contributed by atoms with Crippen molar-refractivity contribution in [2.75, 3.05) is 10.7 Å². The van der Waals surface area contributed by atoms with E-state index in [1.165, 1.54) is 11.3 Å². The molecule has 1 aromatic carbocycles. The Hall–Kier alpha value is -3.77. The molecule has 3 aromatic rings. The summed E-state index contributed by atoms with van der Waals surface area (Å²) in [6, 6.07) is 14.7. The summed E-state index contributed by atoms with van der Waals surface area (Å²) in [7, 11) is 0. The van der Waals surface area contributed by atoms with E-state index in [4.69, 9.17) is 16.4 Å². The number of nitrogens with one attached hydrogen (secondary N) is 3. The van der Waals surface area contributed by atoms with Gasteiger partial charge in [0, 0.05) is 17.3 Å². The van der Waals surface area contributed by atoms with Crippen molar-refractivity contribution in [3.05, 3.63) is 54.0 Å². The Balaban J connectivity index is 1.66.